The number of hydrogen-bond donors (Lipinski definition) is 3. The lowest BCUT2D eigenvalue weighted by Gasteiger charge is -2.38. The number of anilines is 2. The topological polar surface area (TPSA) is 90.9 Å². The third-order valence-corrected chi connectivity index (χ3v) is 6.59. The van der Waals surface area contributed by atoms with Crippen molar-refractivity contribution in [3.05, 3.63) is 88.4 Å². The van der Waals surface area contributed by atoms with Crippen LogP contribution in [0.15, 0.2) is 77.3 Å². The van der Waals surface area contributed by atoms with Crippen molar-refractivity contribution in [3.63, 3.8) is 0 Å². The molecule has 3 aromatic carbocycles. The van der Waals surface area contributed by atoms with Gasteiger partial charge in [0, 0.05) is 28.9 Å². The number of piperidine rings is 1. The van der Waals surface area contributed by atoms with Crippen molar-refractivity contribution in [1.29, 1.82) is 0 Å². The highest BCUT2D eigenvalue weighted by Gasteiger charge is 2.35. The largest absolute Gasteiger partial charge is 0.493 e. The van der Waals surface area contributed by atoms with Crippen LogP contribution in [-0.2, 0) is 5.60 Å². The Morgan fingerprint density at radius 1 is 0.971 bits per heavy atom. The van der Waals surface area contributed by atoms with Gasteiger partial charge in [0.2, 0.25) is 0 Å². The van der Waals surface area contributed by atoms with E-state index in [0.29, 0.717) is 55.2 Å². The van der Waals surface area contributed by atoms with Crippen LogP contribution >= 0.6 is 15.9 Å². The summed E-state index contributed by atoms with van der Waals surface area (Å²) < 4.78 is 6.50. The van der Waals surface area contributed by atoms with Crippen LogP contribution in [-0.4, -0.2) is 41.6 Å². The molecule has 0 atom stereocenters. The number of amides is 3. The third kappa shape index (κ3) is 6.01. The summed E-state index contributed by atoms with van der Waals surface area (Å²) in [5, 5.41) is 16.8. The van der Waals surface area contributed by atoms with Crippen LogP contribution < -0.4 is 15.4 Å². The van der Waals surface area contributed by atoms with Crippen LogP contribution in [0.1, 0.15) is 35.7 Å². The number of carbonyl (C=O) groups excluding carboxylic acids is 2. The van der Waals surface area contributed by atoms with Crippen LogP contribution in [0.3, 0.4) is 0 Å². The zero-order chi connectivity index (χ0) is 24.8. The van der Waals surface area contributed by atoms with Crippen molar-refractivity contribution in [2.24, 2.45) is 0 Å². The lowest BCUT2D eigenvalue weighted by Crippen LogP contribution is -2.46. The van der Waals surface area contributed by atoms with Crippen molar-refractivity contribution < 1.29 is 19.4 Å². The van der Waals surface area contributed by atoms with Gasteiger partial charge in [0.05, 0.1) is 17.8 Å². The first kappa shape index (κ1) is 24.8. The molecule has 4 rings (SSSR count). The van der Waals surface area contributed by atoms with Gasteiger partial charge in [0.1, 0.15) is 5.75 Å². The zero-order valence-electron chi connectivity index (χ0n) is 19.5. The Morgan fingerprint density at radius 3 is 2.31 bits per heavy atom. The van der Waals surface area contributed by atoms with Crippen molar-refractivity contribution in [3.8, 4) is 5.75 Å². The van der Waals surface area contributed by atoms with E-state index in [0.717, 1.165) is 10.0 Å². The number of hydrogen-bond acceptors (Lipinski definition) is 4. The van der Waals surface area contributed by atoms with Gasteiger partial charge in [0.15, 0.2) is 0 Å². The SMILES string of the molecule is CCOc1ccccc1C(=O)Nc1cccc(NC(=O)N2CCC(O)(c3ccc(Br)cc3)CC2)c1. The highest BCUT2D eigenvalue weighted by Crippen LogP contribution is 2.33. The fourth-order valence-electron chi connectivity index (χ4n) is 4.14. The molecule has 0 radical (unpaired) electrons. The Bertz CT molecular complexity index is 1190. The number of urea groups is 1. The summed E-state index contributed by atoms with van der Waals surface area (Å²) in [6.45, 7) is 3.19. The number of para-hydroxylation sites is 1. The maximum Gasteiger partial charge on any atom is 0.321 e. The number of likely N-dealkylation sites (tertiary alicyclic amines) is 1. The second-order valence-corrected chi connectivity index (χ2v) is 9.34. The Hall–Kier alpha value is -3.36. The number of nitrogens with one attached hydrogen (secondary N) is 2. The molecule has 0 aliphatic carbocycles. The van der Waals surface area contributed by atoms with E-state index in [4.69, 9.17) is 4.74 Å². The Morgan fingerprint density at radius 2 is 1.63 bits per heavy atom. The summed E-state index contributed by atoms with van der Waals surface area (Å²) >= 11 is 3.41. The first-order valence-electron chi connectivity index (χ1n) is 11.6. The number of halogens is 1. The maximum absolute atomic E-state index is 12.9. The smallest absolute Gasteiger partial charge is 0.321 e. The van der Waals surface area contributed by atoms with E-state index < -0.39 is 5.60 Å². The third-order valence-electron chi connectivity index (χ3n) is 6.06. The predicted molar refractivity (Wildman–Crippen MR) is 140 cm³/mol. The molecule has 0 unspecified atom stereocenters. The Balaban J connectivity index is 1.36. The molecule has 182 valence electrons. The molecule has 1 heterocycles. The summed E-state index contributed by atoms with van der Waals surface area (Å²) in [5.41, 5.74) is 1.48. The Labute approximate surface area is 213 Å². The highest BCUT2D eigenvalue weighted by atomic mass is 79.9. The van der Waals surface area contributed by atoms with Crippen LogP contribution in [0.5, 0.6) is 5.75 Å². The second-order valence-electron chi connectivity index (χ2n) is 8.42. The average molecular weight is 538 g/mol. The summed E-state index contributed by atoms with van der Waals surface area (Å²) in [4.78, 5) is 27.3. The number of benzene rings is 3. The molecule has 35 heavy (non-hydrogen) atoms. The molecule has 7 nitrogen and oxygen atoms in total. The number of aliphatic hydroxyl groups is 1. The molecule has 1 saturated heterocycles. The predicted octanol–water partition coefficient (Wildman–Crippen LogP) is 5.62. The number of ether oxygens (including phenoxy) is 1. The molecule has 0 spiro atoms. The van der Waals surface area contributed by atoms with Crippen LogP contribution in [0.25, 0.3) is 0 Å². The van der Waals surface area contributed by atoms with E-state index in [-0.39, 0.29) is 11.9 Å². The minimum atomic E-state index is -0.945. The lowest BCUT2D eigenvalue weighted by atomic mass is 9.84. The molecule has 3 N–H and O–H groups in total. The van der Waals surface area contributed by atoms with Gasteiger partial charge >= 0.3 is 6.03 Å². The molecule has 1 aliphatic heterocycles. The molecule has 8 heteroatoms. The normalized spacial score (nSPS) is 14.8. The van der Waals surface area contributed by atoms with E-state index in [1.54, 1.807) is 47.4 Å². The minimum absolute atomic E-state index is 0.243. The van der Waals surface area contributed by atoms with Gasteiger partial charge in [-0.2, -0.15) is 0 Å². The van der Waals surface area contributed by atoms with Gasteiger partial charge in [-0.25, -0.2) is 4.79 Å². The molecule has 3 aromatic rings. The monoisotopic (exact) mass is 537 g/mol. The summed E-state index contributed by atoms with van der Waals surface area (Å²) in [6, 6.07) is 21.5. The summed E-state index contributed by atoms with van der Waals surface area (Å²) in [6.07, 6.45) is 0.911. The van der Waals surface area contributed by atoms with Gasteiger partial charge in [-0.15, -0.1) is 0 Å². The number of nitrogens with zero attached hydrogens (tertiary/aromatic N) is 1. The van der Waals surface area contributed by atoms with E-state index in [1.807, 2.05) is 37.3 Å². The minimum Gasteiger partial charge on any atom is -0.493 e. The molecule has 0 bridgehead atoms. The van der Waals surface area contributed by atoms with Gasteiger partial charge in [0.25, 0.3) is 5.91 Å². The van der Waals surface area contributed by atoms with E-state index in [2.05, 4.69) is 26.6 Å². The molecule has 3 amide bonds. The lowest BCUT2D eigenvalue weighted by molar-refractivity contribution is -0.0157. The van der Waals surface area contributed by atoms with E-state index >= 15 is 0 Å². The van der Waals surface area contributed by atoms with Gasteiger partial charge in [-0.05, 0) is 67.8 Å². The van der Waals surface area contributed by atoms with Gasteiger partial charge in [-0.1, -0.05) is 46.3 Å². The van der Waals surface area contributed by atoms with Crippen molar-refractivity contribution in [1.82, 2.24) is 4.90 Å². The van der Waals surface area contributed by atoms with Gasteiger partial charge < -0.3 is 25.4 Å². The van der Waals surface area contributed by atoms with Crippen molar-refractivity contribution in [2.75, 3.05) is 30.3 Å². The summed E-state index contributed by atoms with van der Waals surface area (Å²) in [7, 11) is 0. The molecular formula is C27H28BrN3O4. The van der Waals surface area contributed by atoms with E-state index in [1.165, 1.54) is 0 Å². The fourth-order valence-corrected chi connectivity index (χ4v) is 4.40. The molecular weight excluding hydrogens is 510 g/mol. The molecule has 0 aromatic heterocycles. The first-order chi connectivity index (χ1) is 16.9. The van der Waals surface area contributed by atoms with Crippen LogP contribution in [0.4, 0.5) is 16.2 Å². The average Bonchev–Trinajstić information content (AvgIpc) is 2.85. The molecule has 1 fully saturated rings. The van der Waals surface area contributed by atoms with Crippen LogP contribution in [0.2, 0.25) is 0 Å². The van der Waals surface area contributed by atoms with Gasteiger partial charge in [-0.3, -0.25) is 4.79 Å². The van der Waals surface area contributed by atoms with Crippen LogP contribution in [0, 0.1) is 0 Å². The zero-order valence-corrected chi connectivity index (χ0v) is 21.0. The Kier molecular flexibility index (Phi) is 7.73. The van der Waals surface area contributed by atoms with E-state index in [9.17, 15) is 14.7 Å². The number of rotatable bonds is 6. The quantitative estimate of drug-likeness (QED) is 0.380. The summed E-state index contributed by atoms with van der Waals surface area (Å²) in [5.74, 6) is 0.228. The fraction of sp³-hybridized carbons (Fsp3) is 0.259. The second kappa shape index (κ2) is 10.9. The number of carbonyl (C=O) groups is 2. The highest BCUT2D eigenvalue weighted by molar-refractivity contribution is 9.10. The standard InChI is InChI=1S/C27H28BrN3O4/c1-2-35-24-9-4-3-8-23(24)25(32)29-21-6-5-7-22(18-21)30-26(33)31-16-14-27(34,15-17-31)19-10-12-20(28)13-11-19/h3-13,18,34H,2,14-17H2,1H3,(H,29,32)(H,30,33). The van der Waals surface area contributed by atoms with Crippen molar-refractivity contribution in [2.45, 2.75) is 25.4 Å². The maximum atomic E-state index is 12.9. The first-order valence-corrected chi connectivity index (χ1v) is 12.3. The van der Waals surface area contributed by atoms with Crippen molar-refractivity contribution >= 4 is 39.2 Å². The molecule has 0 saturated carbocycles. The molecule has 1 aliphatic rings.